The second-order valence-corrected chi connectivity index (χ2v) is 4.73. The highest BCUT2D eigenvalue weighted by molar-refractivity contribution is 5.93. The maximum Gasteiger partial charge on any atom is 0.315 e. The lowest BCUT2D eigenvalue weighted by atomic mass is 10.2. The molecule has 0 bridgehead atoms. The number of hydrazine groups is 1. The Balaban J connectivity index is 1.82. The Morgan fingerprint density at radius 3 is 2.71 bits per heavy atom. The number of carbonyl (C=O) groups is 3. The molecule has 0 radical (unpaired) electrons. The van der Waals surface area contributed by atoms with Crippen molar-refractivity contribution in [2.24, 2.45) is 0 Å². The van der Waals surface area contributed by atoms with E-state index in [0.29, 0.717) is 26.3 Å². The van der Waals surface area contributed by atoms with Gasteiger partial charge in [0.2, 0.25) is 5.91 Å². The van der Waals surface area contributed by atoms with Crippen LogP contribution in [-0.2, 0) is 14.3 Å². The highest BCUT2D eigenvalue weighted by atomic mass is 16.5. The summed E-state index contributed by atoms with van der Waals surface area (Å²) in [4.78, 5) is 34.8. The maximum absolute atomic E-state index is 12.0. The number of urea groups is 1. The third-order valence-corrected chi connectivity index (χ3v) is 3.18. The van der Waals surface area contributed by atoms with Crippen LogP contribution in [0.1, 0.15) is 0 Å². The molecule has 0 spiro atoms. The molecule has 2 rings (SSSR count). The molecule has 0 aliphatic carbocycles. The van der Waals surface area contributed by atoms with Crippen LogP contribution in [0, 0.1) is 0 Å². The molecular weight excluding hydrogens is 282 g/mol. The number of morpholine rings is 1. The third-order valence-electron chi connectivity index (χ3n) is 3.18. The van der Waals surface area contributed by atoms with Crippen molar-refractivity contribution < 1.29 is 24.2 Å². The van der Waals surface area contributed by atoms with Crippen molar-refractivity contribution in [2.75, 3.05) is 39.5 Å². The van der Waals surface area contributed by atoms with E-state index in [1.807, 2.05) is 0 Å². The lowest BCUT2D eigenvalue weighted by Crippen LogP contribution is -2.58. The fourth-order valence-corrected chi connectivity index (χ4v) is 1.99. The third kappa shape index (κ3) is 4.28. The highest BCUT2D eigenvalue weighted by Gasteiger charge is 2.30. The number of hydrogen-bond donors (Lipinski definition) is 5. The fourth-order valence-electron chi connectivity index (χ4n) is 1.99. The number of hydrogen-bond acceptors (Lipinski definition) is 6. The number of aliphatic hydroxyl groups is 1. The van der Waals surface area contributed by atoms with Crippen LogP contribution in [0.2, 0.25) is 0 Å². The molecule has 1 unspecified atom stereocenters. The van der Waals surface area contributed by atoms with E-state index in [4.69, 9.17) is 4.74 Å². The van der Waals surface area contributed by atoms with Gasteiger partial charge in [-0.3, -0.25) is 15.0 Å². The van der Waals surface area contributed by atoms with E-state index in [9.17, 15) is 19.5 Å². The van der Waals surface area contributed by atoms with Crippen molar-refractivity contribution >= 4 is 17.8 Å². The molecule has 2 atom stereocenters. The smallest absolute Gasteiger partial charge is 0.315 e. The summed E-state index contributed by atoms with van der Waals surface area (Å²) in [6.07, 6.45) is 0. The van der Waals surface area contributed by atoms with Gasteiger partial charge in [0, 0.05) is 19.6 Å². The molecule has 4 amide bonds. The van der Waals surface area contributed by atoms with E-state index in [2.05, 4.69) is 21.4 Å². The quantitative estimate of drug-likeness (QED) is 0.358. The molecule has 10 nitrogen and oxygen atoms in total. The number of aliphatic hydroxyl groups excluding tert-OH is 1. The van der Waals surface area contributed by atoms with Crippen LogP contribution in [-0.4, -0.2) is 79.5 Å². The summed E-state index contributed by atoms with van der Waals surface area (Å²) in [5.41, 5.74) is 2.61. The molecule has 2 fully saturated rings. The molecule has 2 aliphatic heterocycles. The standard InChI is InChI=1S/C11H19N5O5/c17-6-8(10(19)15-16-1-3-21-4-2-16)13-9(18)7-5-12-11(20)14-7/h7-8,17H,1-6H2,(H,13,18)(H,15,19)(H2,12,14,20)/t7?,8-/m0/s1. The van der Waals surface area contributed by atoms with Crippen LogP contribution in [0.4, 0.5) is 4.79 Å². The highest BCUT2D eigenvalue weighted by Crippen LogP contribution is 1.96. The van der Waals surface area contributed by atoms with Crippen molar-refractivity contribution in [3.63, 3.8) is 0 Å². The Morgan fingerprint density at radius 1 is 1.43 bits per heavy atom. The summed E-state index contributed by atoms with van der Waals surface area (Å²) in [6.45, 7) is 1.72. The van der Waals surface area contributed by atoms with Crippen molar-refractivity contribution in [1.29, 1.82) is 0 Å². The molecule has 118 valence electrons. The number of rotatable bonds is 5. The van der Waals surface area contributed by atoms with Crippen molar-refractivity contribution in [2.45, 2.75) is 12.1 Å². The fraction of sp³-hybridized carbons (Fsp3) is 0.727. The minimum Gasteiger partial charge on any atom is -0.394 e. The minimum atomic E-state index is -1.07. The minimum absolute atomic E-state index is 0.147. The van der Waals surface area contributed by atoms with Crippen molar-refractivity contribution in [3.8, 4) is 0 Å². The van der Waals surface area contributed by atoms with Gasteiger partial charge in [-0.2, -0.15) is 0 Å². The number of ether oxygens (including phenoxy) is 1. The Bertz CT molecular complexity index is 412. The average Bonchev–Trinajstić information content (AvgIpc) is 2.92. The Morgan fingerprint density at radius 2 is 2.14 bits per heavy atom. The molecule has 2 aliphatic rings. The van der Waals surface area contributed by atoms with Gasteiger partial charge in [-0.05, 0) is 0 Å². The van der Waals surface area contributed by atoms with Gasteiger partial charge in [-0.15, -0.1) is 0 Å². The monoisotopic (exact) mass is 301 g/mol. The Kier molecular flexibility index (Phi) is 5.31. The number of nitrogens with one attached hydrogen (secondary N) is 4. The van der Waals surface area contributed by atoms with Crippen LogP contribution >= 0.6 is 0 Å². The van der Waals surface area contributed by atoms with Crippen molar-refractivity contribution in [3.05, 3.63) is 0 Å². The molecule has 0 aromatic heterocycles. The molecule has 10 heteroatoms. The van der Waals surface area contributed by atoms with Gasteiger partial charge in [0.15, 0.2) is 0 Å². The van der Waals surface area contributed by atoms with Crippen LogP contribution in [0.5, 0.6) is 0 Å². The zero-order valence-corrected chi connectivity index (χ0v) is 11.4. The first kappa shape index (κ1) is 15.5. The summed E-state index contributed by atoms with van der Waals surface area (Å²) in [7, 11) is 0. The summed E-state index contributed by atoms with van der Waals surface area (Å²) in [5.74, 6) is -1.03. The molecule has 0 aromatic carbocycles. The molecule has 21 heavy (non-hydrogen) atoms. The van der Waals surface area contributed by atoms with Gasteiger partial charge in [-0.1, -0.05) is 0 Å². The molecule has 0 aromatic rings. The summed E-state index contributed by atoms with van der Waals surface area (Å²) in [6, 6.07) is -2.26. The molecule has 5 N–H and O–H groups in total. The van der Waals surface area contributed by atoms with E-state index in [1.165, 1.54) is 0 Å². The number of nitrogens with zero attached hydrogens (tertiary/aromatic N) is 1. The lowest BCUT2D eigenvalue weighted by Gasteiger charge is -2.28. The van der Waals surface area contributed by atoms with Crippen LogP contribution in [0.25, 0.3) is 0 Å². The van der Waals surface area contributed by atoms with Gasteiger partial charge in [-0.25, -0.2) is 9.80 Å². The molecule has 0 saturated carbocycles. The van der Waals surface area contributed by atoms with Gasteiger partial charge in [0.25, 0.3) is 5.91 Å². The Labute approximate surface area is 121 Å². The summed E-state index contributed by atoms with van der Waals surface area (Å²) in [5, 5.41) is 18.2. The van der Waals surface area contributed by atoms with E-state index < -0.39 is 36.5 Å². The SMILES string of the molecule is O=C1NCC(C(=O)N[C@@H](CO)C(=O)NN2CCOCC2)N1. The van der Waals surface area contributed by atoms with E-state index in [1.54, 1.807) is 5.01 Å². The van der Waals surface area contributed by atoms with Crippen LogP contribution in [0.3, 0.4) is 0 Å². The normalized spacial score (nSPS) is 23.9. The van der Waals surface area contributed by atoms with E-state index >= 15 is 0 Å². The number of amides is 4. The lowest BCUT2D eigenvalue weighted by molar-refractivity contribution is -0.135. The van der Waals surface area contributed by atoms with Gasteiger partial charge < -0.3 is 25.8 Å². The Hall–Kier alpha value is -1.91. The zero-order chi connectivity index (χ0) is 15.2. The van der Waals surface area contributed by atoms with E-state index in [0.717, 1.165) is 0 Å². The molecule has 2 saturated heterocycles. The maximum atomic E-state index is 12.0. The summed E-state index contributed by atoms with van der Waals surface area (Å²) >= 11 is 0. The predicted octanol–water partition coefficient (Wildman–Crippen LogP) is -3.49. The predicted molar refractivity (Wildman–Crippen MR) is 69.9 cm³/mol. The molecular formula is C11H19N5O5. The van der Waals surface area contributed by atoms with Gasteiger partial charge in [0.05, 0.1) is 19.8 Å². The summed E-state index contributed by atoms with van der Waals surface area (Å²) < 4.78 is 5.15. The topological polar surface area (TPSA) is 132 Å². The second kappa shape index (κ2) is 7.20. The van der Waals surface area contributed by atoms with Crippen LogP contribution in [0.15, 0.2) is 0 Å². The molecule has 2 heterocycles. The first-order valence-corrected chi connectivity index (χ1v) is 6.69. The first-order chi connectivity index (χ1) is 10.1. The zero-order valence-electron chi connectivity index (χ0n) is 11.4. The first-order valence-electron chi connectivity index (χ1n) is 6.69. The van der Waals surface area contributed by atoms with E-state index in [-0.39, 0.29) is 6.54 Å². The van der Waals surface area contributed by atoms with Crippen LogP contribution < -0.4 is 21.4 Å². The van der Waals surface area contributed by atoms with Crippen molar-refractivity contribution in [1.82, 2.24) is 26.4 Å². The average molecular weight is 301 g/mol. The number of carbonyl (C=O) groups excluding carboxylic acids is 3. The van der Waals surface area contributed by atoms with Gasteiger partial charge in [0.1, 0.15) is 12.1 Å². The largest absolute Gasteiger partial charge is 0.394 e. The van der Waals surface area contributed by atoms with Gasteiger partial charge >= 0.3 is 6.03 Å². The second-order valence-electron chi connectivity index (χ2n) is 4.73.